The van der Waals surface area contributed by atoms with Gasteiger partial charge >= 0.3 is 0 Å². The molecule has 0 unspecified atom stereocenters. The molecule has 5 heteroatoms. The lowest BCUT2D eigenvalue weighted by Gasteiger charge is -2.20. The minimum Gasteiger partial charge on any atom is -0.306 e. The third-order valence-electron chi connectivity index (χ3n) is 2.89. The van der Waals surface area contributed by atoms with Crippen molar-refractivity contribution < 1.29 is 0 Å². The fourth-order valence-corrected chi connectivity index (χ4v) is 1.93. The maximum absolute atomic E-state index is 6.16. The van der Waals surface area contributed by atoms with E-state index in [9.17, 15) is 0 Å². The summed E-state index contributed by atoms with van der Waals surface area (Å²) in [5.74, 6) is 0. The lowest BCUT2D eigenvalue weighted by atomic mass is 10.1. The predicted molar refractivity (Wildman–Crippen MR) is 77.7 cm³/mol. The van der Waals surface area contributed by atoms with Crippen LogP contribution in [0.25, 0.3) is 5.69 Å². The summed E-state index contributed by atoms with van der Waals surface area (Å²) in [6.07, 6.45) is 1.78. The van der Waals surface area contributed by atoms with Crippen LogP contribution in [0.1, 0.15) is 32.0 Å². The largest absolute Gasteiger partial charge is 0.306 e. The van der Waals surface area contributed by atoms with Crippen molar-refractivity contribution in [2.24, 2.45) is 0 Å². The average Bonchev–Trinajstić information content (AvgIpc) is 2.77. The van der Waals surface area contributed by atoms with Crippen molar-refractivity contribution in [2.75, 3.05) is 0 Å². The summed E-state index contributed by atoms with van der Waals surface area (Å²) in [5, 5.41) is 12.3. The van der Waals surface area contributed by atoms with Gasteiger partial charge in [-0.3, -0.25) is 0 Å². The van der Waals surface area contributed by atoms with E-state index in [0.717, 1.165) is 22.0 Å². The molecule has 0 atom stereocenters. The maximum Gasteiger partial charge on any atom is 0.0783 e. The third-order valence-corrected chi connectivity index (χ3v) is 3.30. The average molecular weight is 279 g/mol. The van der Waals surface area contributed by atoms with Crippen LogP contribution in [0.4, 0.5) is 0 Å². The van der Waals surface area contributed by atoms with E-state index in [2.05, 4.69) is 36.4 Å². The Bertz CT molecular complexity index is 569. The standard InChI is InChI=1S/C14H19ClN4/c1-10-12(15)6-5-7-13(10)19-11(9-17-18-19)8-16-14(2,3)4/h5-7,9,16H,8H2,1-4H3. The molecule has 0 bridgehead atoms. The zero-order valence-electron chi connectivity index (χ0n) is 11.7. The van der Waals surface area contributed by atoms with E-state index in [0.29, 0.717) is 6.54 Å². The van der Waals surface area contributed by atoms with Gasteiger partial charge in [-0.15, -0.1) is 5.10 Å². The van der Waals surface area contributed by atoms with Crippen LogP contribution in [0.2, 0.25) is 5.02 Å². The lowest BCUT2D eigenvalue weighted by molar-refractivity contribution is 0.418. The first kappa shape index (κ1) is 14.0. The monoisotopic (exact) mass is 278 g/mol. The maximum atomic E-state index is 6.16. The minimum atomic E-state index is 0.0540. The van der Waals surface area contributed by atoms with Crippen molar-refractivity contribution in [3.63, 3.8) is 0 Å². The van der Waals surface area contributed by atoms with Crippen LogP contribution in [0.3, 0.4) is 0 Å². The van der Waals surface area contributed by atoms with E-state index < -0.39 is 0 Å². The van der Waals surface area contributed by atoms with Crippen LogP contribution in [0, 0.1) is 6.92 Å². The van der Waals surface area contributed by atoms with Gasteiger partial charge < -0.3 is 5.32 Å². The van der Waals surface area contributed by atoms with Crippen molar-refractivity contribution in [3.8, 4) is 5.69 Å². The summed E-state index contributed by atoms with van der Waals surface area (Å²) in [6, 6.07) is 5.80. The van der Waals surface area contributed by atoms with Gasteiger partial charge in [-0.05, 0) is 45.4 Å². The van der Waals surface area contributed by atoms with E-state index in [1.807, 2.05) is 29.8 Å². The molecule has 0 radical (unpaired) electrons. The first-order chi connectivity index (χ1) is 8.88. The van der Waals surface area contributed by atoms with Gasteiger partial charge in [0, 0.05) is 17.1 Å². The highest BCUT2D eigenvalue weighted by atomic mass is 35.5. The molecule has 4 nitrogen and oxygen atoms in total. The second-order valence-electron chi connectivity index (χ2n) is 5.62. The molecule has 102 valence electrons. The molecule has 0 spiro atoms. The number of nitrogens with one attached hydrogen (secondary N) is 1. The van der Waals surface area contributed by atoms with Crippen LogP contribution < -0.4 is 5.32 Å². The van der Waals surface area contributed by atoms with Crippen molar-refractivity contribution in [1.82, 2.24) is 20.3 Å². The number of nitrogens with zero attached hydrogens (tertiary/aromatic N) is 3. The molecule has 0 fully saturated rings. The minimum absolute atomic E-state index is 0.0540. The summed E-state index contributed by atoms with van der Waals surface area (Å²) in [7, 11) is 0. The Morgan fingerprint density at radius 2 is 2.05 bits per heavy atom. The SMILES string of the molecule is Cc1c(Cl)cccc1-n1nncc1CNC(C)(C)C. The topological polar surface area (TPSA) is 42.7 Å². The van der Waals surface area contributed by atoms with Gasteiger partial charge in [-0.1, -0.05) is 22.9 Å². The van der Waals surface area contributed by atoms with Crippen molar-refractivity contribution in [1.29, 1.82) is 0 Å². The Kier molecular flexibility index (Phi) is 3.92. The van der Waals surface area contributed by atoms with Crippen LogP contribution in [-0.4, -0.2) is 20.5 Å². The second kappa shape index (κ2) is 5.31. The highest BCUT2D eigenvalue weighted by Crippen LogP contribution is 2.22. The molecular formula is C14H19ClN4. The Morgan fingerprint density at radius 1 is 1.32 bits per heavy atom. The molecule has 2 aromatic rings. The number of benzene rings is 1. The van der Waals surface area contributed by atoms with E-state index in [-0.39, 0.29) is 5.54 Å². The number of aromatic nitrogens is 3. The Morgan fingerprint density at radius 3 is 2.74 bits per heavy atom. The van der Waals surface area contributed by atoms with Gasteiger partial charge in [-0.2, -0.15) is 0 Å². The van der Waals surface area contributed by atoms with E-state index in [4.69, 9.17) is 11.6 Å². The highest BCUT2D eigenvalue weighted by molar-refractivity contribution is 6.31. The van der Waals surface area contributed by atoms with Crippen molar-refractivity contribution in [2.45, 2.75) is 39.8 Å². The predicted octanol–water partition coefficient (Wildman–Crippen LogP) is 3.12. The molecule has 1 heterocycles. The van der Waals surface area contributed by atoms with Gasteiger partial charge in [0.2, 0.25) is 0 Å². The van der Waals surface area contributed by atoms with Gasteiger partial charge in [0.25, 0.3) is 0 Å². The second-order valence-corrected chi connectivity index (χ2v) is 6.03. The van der Waals surface area contributed by atoms with Gasteiger partial charge in [-0.25, -0.2) is 4.68 Å². The molecular weight excluding hydrogens is 260 g/mol. The van der Waals surface area contributed by atoms with Crippen LogP contribution in [0.5, 0.6) is 0 Å². The summed E-state index contributed by atoms with van der Waals surface area (Å²) < 4.78 is 1.83. The Balaban J connectivity index is 2.31. The molecule has 0 saturated heterocycles. The van der Waals surface area contributed by atoms with Gasteiger partial charge in [0.15, 0.2) is 0 Å². The number of hydrogen-bond acceptors (Lipinski definition) is 3. The first-order valence-corrected chi connectivity index (χ1v) is 6.66. The zero-order valence-corrected chi connectivity index (χ0v) is 12.5. The van der Waals surface area contributed by atoms with E-state index in [1.165, 1.54) is 0 Å². The quantitative estimate of drug-likeness (QED) is 0.938. The van der Waals surface area contributed by atoms with E-state index >= 15 is 0 Å². The van der Waals surface area contributed by atoms with Crippen LogP contribution >= 0.6 is 11.6 Å². The third kappa shape index (κ3) is 3.33. The number of hydrogen-bond donors (Lipinski definition) is 1. The summed E-state index contributed by atoms with van der Waals surface area (Å²) in [5.41, 5.74) is 3.04. The Labute approximate surface area is 118 Å². The highest BCUT2D eigenvalue weighted by Gasteiger charge is 2.13. The fourth-order valence-electron chi connectivity index (χ4n) is 1.76. The molecule has 0 amide bonds. The Hall–Kier alpha value is -1.39. The lowest BCUT2D eigenvalue weighted by Crippen LogP contribution is -2.35. The van der Waals surface area contributed by atoms with Gasteiger partial charge in [0.05, 0.1) is 17.6 Å². The normalized spacial score (nSPS) is 11.8. The van der Waals surface area contributed by atoms with E-state index in [1.54, 1.807) is 6.20 Å². The number of rotatable bonds is 3. The molecule has 2 rings (SSSR count). The zero-order chi connectivity index (χ0) is 14.0. The molecule has 0 saturated carbocycles. The first-order valence-electron chi connectivity index (χ1n) is 6.28. The van der Waals surface area contributed by atoms with Crippen LogP contribution in [-0.2, 0) is 6.54 Å². The molecule has 0 aliphatic rings. The molecule has 0 aliphatic heterocycles. The molecule has 1 aromatic heterocycles. The van der Waals surface area contributed by atoms with Crippen LogP contribution in [0.15, 0.2) is 24.4 Å². The molecule has 1 N–H and O–H groups in total. The molecule has 0 aliphatic carbocycles. The fraction of sp³-hybridized carbons (Fsp3) is 0.429. The summed E-state index contributed by atoms with van der Waals surface area (Å²) in [6.45, 7) is 9.09. The van der Waals surface area contributed by atoms with Crippen molar-refractivity contribution >= 4 is 11.6 Å². The smallest absolute Gasteiger partial charge is 0.0783 e. The van der Waals surface area contributed by atoms with Crippen molar-refractivity contribution in [3.05, 3.63) is 40.7 Å². The summed E-state index contributed by atoms with van der Waals surface area (Å²) >= 11 is 6.16. The molecule has 19 heavy (non-hydrogen) atoms. The van der Waals surface area contributed by atoms with Gasteiger partial charge in [0.1, 0.15) is 0 Å². The number of halogens is 1. The summed E-state index contributed by atoms with van der Waals surface area (Å²) in [4.78, 5) is 0. The molecule has 1 aromatic carbocycles.